The Morgan fingerprint density at radius 1 is 0.714 bits per heavy atom. The molecule has 0 spiro atoms. The molecule has 5 N–H and O–H groups in total. The molecule has 2 aromatic heterocycles. The highest BCUT2D eigenvalue weighted by Crippen LogP contribution is 2.33. The molecule has 0 bridgehead atoms. The number of aromatic amines is 2. The Hall–Kier alpha value is -6.10. The van der Waals surface area contributed by atoms with Gasteiger partial charge < -0.3 is 40.3 Å². The maximum Gasteiger partial charge on any atom is 0.407 e. The molecule has 1 fully saturated rings. The van der Waals surface area contributed by atoms with Crippen LogP contribution >= 0.6 is 0 Å². The van der Waals surface area contributed by atoms with Gasteiger partial charge in [0.1, 0.15) is 23.7 Å². The number of ether oxygens (including phenoxy) is 2. The second kappa shape index (κ2) is 18.5. The highest BCUT2D eigenvalue weighted by atomic mass is 16.5. The topological polar surface area (TPSA) is 183 Å². The van der Waals surface area contributed by atoms with Gasteiger partial charge in [0.15, 0.2) is 0 Å². The van der Waals surface area contributed by atoms with Crippen LogP contribution in [0.3, 0.4) is 0 Å². The second-order valence-corrected chi connectivity index (χ2v) is 14.9. The third kappa shape index (κ3) is 9.95. The van der Waals surface area contributed by atoms with E-state index in [9.17, 15) is 19.2 Å². The summed E-state index contributed by atoms with van der Waals surface area (Å²) in [6.07, 6.45) is 3.84. The third-order valence-corrected chi connectivity index (χ3v) is 9.84. The van der Waals surface area contributed by atoms with Gasteiger partial charge in [-0.3, -0.25) is 9.59 Å². The lowest BCUT2D eigenvalue weighted by Gasteiger charge is -2.30. The summed E-state index contributed by atoms with van der Waals surface area (Å²) in [6.45, 7) is 12.1. The van der Waals surface area contributed by atoms with E-state index in [0.29, 0.717) is 18.2 Å². The van der Waals surface area contributed by atoms with E-state index < -0.39 is 30.3 Å². The highest BCUT2D eigenvalue weighted by Gasteiger charge is 2.37. The zero-order chi connectivity index (χ0) is 40.5. The lowest BCUT2D eigenvalue weighted by atomic mass is 10.00. The van der Waals surface area contributed by atoms with Crippen LogP contribution in [0.4, 0.5) is 9.59 Å². The summed E-state index contributed by atoms with van der Waals surface area (Å²) >= 11 is 0. The van der Waals surface area contributed by atoms with E-state index >= 15 is 0 Å². The van der Waals surface area contributed by atoms with Gasteiger partial charge in [-0.1, -0.05) is 77.6 Å². The molecule has 4 atom stereocenters. The molecular formula is C42H52N8O6. The van der Waals surface area contributed by atoms with Crippen LogP contribution in [0.1, 0.15) is 89.2 Å². The van der Waals surface area contributed by atoms with Crippen LogP contribution in [-0.4, -0.2) is 81.7 Å². The Labute approximate surface area is 327 Å². The average Bonchev–Trinajstić information content (AvgIpc) is 3.99. The quantitative estimate of drug-likeness (QED) is 0.107. The Morgan fingerprint density at radius 2 is 1.23 bits per heavy atom. The molecule has 0 saturated carbocycles. The predicted molar refractivity (Wildman–Crippen MR) is 212 cm³/mol. The number of carbonyl (C=O) groups is 4. The van der Waals surface area contributed by atoms with Crippen molar-refractivity contribution in [3.63, 3.8) is 0 Å². The fourth-order valence-electron chi connectivity index (χ4n) is 6.61. The number of rotatable bonds is 12. The fraction of sp³-hybridized carbons (Fsp3) is 0.429. The zero-order valence-corrected chi connectivity index (χ0v) is 33.2. The highest BCUT2D eigenvalue weighted by molar-refractivity contribution is 5.87. The van der Waals surface area contributed by atoms with E-state index in [-0.39, 0.29) is 35.6 Å². The van der Waals surface area contributed by atoms with Gasteiger partial charge in [0.25, 0.3) is 0 Å². The van der Waals surface area contributed by atoms with Gasteiger partial charge in [-0.2, -0.15) is 0 Å². The minimum absolute atomic E-state index is 0.0227. The number of hydrogen-bond acceptors (Lipinski definition) is 8. The number of nitrogens with one attached hydrogen (secondary N) is 5. The molecule has 4 unspecified atom stereocenters. The Morgan fingerprint density at radius 3 is 1.75 bits per heavy atom. The number of benzene rings is 2. The number of alkyl carbamates (subject to hydrolysis) is 2. The normalized spacial score (nSPS) is 15.5. The molecule has 5 rings (SSSR count). The van der Waals surface area contributed by atoms with Crippen LogP contribution in [0.2, 0.25) is 0 Å². The van der Waals surface area contributed by atoms with Gasteiger partial charge in [0.2, 0.25) is 11.8 Å². The predicted octanol–water partition coefficient (Wildman–Crippen LogP) is 6.10. The maximum absolute atomic E-state index is 13.5. The first-order valence-corrected chi connectivity index (χ1v) is 18.9. The molecule has 14 heteroatoms. The van der Waals surface area contributed by atoms with E-state index in [1.165, 1.54) is 14.2 Å². The van der Waals surface area contributed by atoms with Crippen LogP contribution in [0, 0.1) is 29.6 Å². The van der Waals surface area contributed by atoms with Crippen LogP contribution in [0.5, 0.6) is 0 Å². The molecule has 56 heavy (non-hydrogen) atoms. The first kappa shape index (κ1) is 41.1. The Kier molecular flexibility index (Phi) is 13.6. The van der Waals surface area contributed by atoms with Crippen molar-refractivity contribution in [3.05, 3.63) is 83.7 Å². The van der Waals surface area contributed by atoms with Crippen molar-refractivity contribution in [1.82, 2.24) is 40.8 Å². The summed E-state index contributed by atoms with van der Waals surface area (Å²) in [5.74, 6) is 7.09. The molecule has 4 amide bonds. The smallest absolute Gasteiger partial charge is 0.407 e. The van der Waals surface area contributed by atoms with Crippen molar-refractivity contribution >= 4 is 24.0 Å². The van der Waals surface area contributed by atoms with Gasteiger partial charge in [-0.25, -0.2) is 19.6 Å². The van der Waals surface area contributed by atoms with Gasteiger partial charge in [0, 0.05) is 17.7 Å². The van der Waals surface area contributed by atoms with E-state index in [0.717, 1.165) is 46.5 Å². The van der Waals surface area contributed by atoms with Gasteiger partial charge in [0.05, 0.1) is 50.1 Å². The van der Waals surface area contributed by atoms with Crippen LogP contribution in [0.25, 0.3) is 22.5 Å². The number of nitrogens with zero attached hydrogens (tertiary/aromatic N) is 3. The number of aromatic nitrogens is 4. The monoisotopic (exact) mass is 764 g/mol. The minimum atomic E-state index is -0.758. The molecule has 296 valence electrons. The summed E-state index contributed by atoms with van der Waals surface area (Å²) in [5.41, 5.74) is 5.19. The first-order valence-electron chi connectivity index (χ1n) is 18.9. The molecule has 1 aliphatic heterocycles. The molecule has 1 saturated heterocycles. The van der Waals surface area contributed by atoms with Crippen LogP contribution < -0.4 is 16.0 Å². The SMILES string of the molecule is COC(=O)NC(C(=O)NC(c1ncc(-c2ccc(C#Cc3ccc(-c4cnc(C5CCCN5C(=O)C(NC(=O)OC)C(C)C)[nH]4)cc3)cc2)[nH]1)C(C)C)C(C)C. The second-order valence-electron chi connectivity index (χ2n) is 14.9. The third-order valence-electron chi connectivity index (χ3n) is 9.84. The van der Waals surface area contributed by atoms with Crippen molar-refractivity contribution in [3.8, 4) is 34.4 Å². The summed E-state index contributed by atoms with van der Waals surface area (Å²) in [7, 11) is 2.55. The minimum Gasteiger partial charge on any atom is -0.453 e. The van der Waals surface area contributed by atoms with E-state index in [4.69, 9.17) is 9.47 Å². The average molecular weight is 765 g/mol. The number of carbonyl (C=O) groups excluding carboxylic acids is 4. The number of likely N-dealkylation sites (tertiary alicyclic amines) is 1. The van der Waals surface area contributed by atoms with Gasteiger partial charge in [-0.15, -0.1) is 0 Å². The van der Waals surface area contributed by atoms with Crippen LogP contribution in [-0.2, 0) is 19.1 Å². The molecule has 0 aliphatic carbocycles. The largest absolute Gasteiger partial charge is 0.453 e. The number of hydrogen-bond donors (Lipinski definition) is 5. The van der Waals surface area contributed by atoms with Crippen molar-refractivity contribution in [2.45, 2.75) is 78.6 Å². The summed E-state index contributed by atoms with van der Waals surface area (Å²) in [5, 5.41) is 8.34. The van der Waals surface area contributed by atoms with E-state index in [1.807, 2.05) is 90.1 Å². The number of amides is 4. The van der Waals surface area contributed by atoms with Crippen LogP contribution in [0.15, 0.2) is 60.9 Å². The molecule has 3 heterocycles. The number of methoxy groups -OCH3 is 2. The standard InChI is InChI=1S/C42H52N8O6/c1-24(2)34(47-39(51)35(25(3)4)48-41(53)55-7)38-44-23-32(46-38)30-19-15-28(16-20-30)12-11-27-13-17-29(18-14-27)31-22-43-37(45-31)33-10-9-21-50(33)40(52)36(26(5)6)49-42(54)56-8/h13-20,22-26,33-36H,9-10,21H2,1-8H3,(H,43,45)(H,44,46)(H,47,51)(H,48,53)(H,49,54). The van der Waals surface area contributed by atoms with Gasteiger partial charge in [-0.05, 0) is 66.0 Å². The Bertz CT molecular complexity index is 1950. The molecule has 2 aromatic carbocycles. The van der Waals surface area contributed by atoms with Crippen molar-refractivity contribution in [1.29, 1.82) is 0 Å². The molecule has 4 aromatic rings. The van der Waals surface area contributed by atoms with Crippen molar-refractivity contribution in [2.75, 3.05) is 20.8 Å². The summed E-state index contributed by atoms with van der Waals surface area (Å²) < 4.78 is 9.44. The lowest BCUT2D eigenvalue weighted by Crippen LogP contribution is -2.51. The van der Waals surface area contributed by atoms with Gasteiger partial charge >= 0.3 is 12.2 Å². The van der Waals surface area contributed by atoms with E-state index in [2.05, 4.69) is 47.7 Å². The molecule has 0 radical (unpaired) electrons. The van der Waals surface area contributed by atoms with E-state index in [1.54, 1.807) is 17.3 Å². The molecule has 1 aliphatic rings. The maximum atomic E-state index is 13.5. The molecule has 14 nitrogen and oxygen atoms in total. The van der Waals surface area contributed by atoms with Crippen molar-refractivity contribution in [2.24, 2.45) is 17.8 Å². The van der Waals surface area contributed by atoms with Crippen molar-refractivity contribution < 1.29 is 28.7 Å². The number of imidazole rings is 2. The summed E-state index contributed by atoms with van der Waals surface area (Å²) in [6, 6.07) is 13.6. The lowest BCUT2D eigenvalue weighted by molar-refractivity contribution is -0.135. The first-order chi connectivity index (χ1) is 26.8. The molecular weight excluding hydrogens is 713 g/mol. The number of H-pyrrole nitrogens is 2. The Balaban J connectivity index is 1.21. The summed E-state index contributed by atoms with van der Waals surface area (Å²) in [4.78, 5) is 68.2. The zero-order valence-electron chi connectivity index (χ0n) is 33.2. The fourth-order valence-corrected chi connectivity index (χ4v) is 6.61.